The molecule has 146 valence electrons. The van der Waals surface area contributed by atoms with Gasteiger partial charge in [-0.1, -0.05) is 65.8 Å². The minimum Gasteiger partial charge on any atom is -0.335 e. The number of carbonyl (C=O) groups excluding carboxylic acids is 1. The first-order chi connectivity index (χ1) is 13.4. The van der Waals surface area contributed by atoms with Gasteiger partial charge in [0.15, 0.2) is 5.82 Å². The maximum absolute atomic E-state index is 12.5. The number of nitrogens with one attached hydrogen (secondary N) is 1. The Bertz CT molecular complexity index is 971. The van der Waals surface area contributed by atoms with E-state index in [2.05, 4.69) is 45.3 Å². The molecule has 1 unspecified atom stereocenters. The molecule has 0 aliphatic rings. The van der Waals surface area contributed by atoms with Crippen LogP contribution in [0.4, 0.5) is 5.69 Å². The number of nitrogen functional groups attached to an aromatic ring is 1. The topological polar surface area (TPSA) is 85.8 Å². The van der Waals surface area contributed by atoms with Crippen LogP contribution in [0.15, 0.2) is 58.2 Å². The van der Waals surface area contributed by atoms with Gasteiger partial charge in [-0.3, -0.25) is 4.79 Å². The van der Waals surface area contributed by atoms with E-state index < -0.39 is 0 Å². The van der Waals surface area contributed by atoms with E-state index in [0.29, 0.717) is 16.9 Å². The van der Waals surface area contributed by atoms with E-state index in [1.807, 2.05) is 55.5 Å². The van der Waals surface area contributed by atoms with Gasteiger partial charge in [0.1, 0.15) is 0 Å². The van der Waals surface area contributed by atoms with Gasteiger partial charge in [0.2, 0.25) is 11.1 Å². The Morgan fingerprint density at radius 1 is 1.11 bits per heavy atom. The second-order valence-corrected chi connectivity index (χ2v) is 8.84. The fourth-order valence-electron chi connectivity index (χ4n) is 2.59. The smallest absolute Gasteiger partial charge is 0.237 e. The van der Waals surface area contributed by atoms with Crippen LogP contribution in [0, 0.1) is 0 Å². The molecule has 3 N–H and O–H groups in total. The lowest BCUT2D eigenvalue weighted by Gasteiger charge is -2.12. The van der Waals surface area contributed by atoms with Crippen molar-refractivity contribution in [1.82, 2.24) is 14.9 Å². The van der Waals surface area contributed by atoms with Crippen LogP contribution in [0.5, 0.6) is 0 Å². The molecule has 0 aliphatic carbocycles. The van der Waals surface area contributed by atoms with Crippen molar-refractivity contribution in [2.75, 3.05) is 11.2 Å². The molecule has 1 aromatic heterocycles. The summed E-state index contributed by atoms with van der Waals surface area (Å²) in [5.41, 5.74) is 2.84. The Balaban J connectivity index is 1.68. The van der Waals surface area contributed by atoms with Crippen molar-refractivity contribution in [2.45, 2.75) is 37.1 Å². The predicted molar refractivity (Wildman–Crippen MR) is 118 cm³/mol. The van der Waals surface area contributed by atoms with Crippen molar-refractivity contribution < 1.29 is 4.79 Å². The highest BCUT2D eigenvalue weighted by atomic mass is 79.9. The first-order valence-electron chi connectivity index (χ1n) is 8.89. The van der Waals surface area contributed by atoms with E-state index in [1.165, 1.54) is 22.0 Å². The minimum absolute atomic E-state index is 0.118. The summed E-state index contributed by atoms with van der Waals surface area (Å²) in [4.78, 5) is 12.5. The molecule has 1 heterocycles. The lowest BCUT2D eigenvalue weighted by Crippen LogP contribution is -2.23. The molecule has 3 aromatic rings. The Labute approximate surface area is 177 Å². The summed E-state index contributed by atoms with van der Waals surface area (Å²) >= 11 is 4.76. The van der Waals surface area contributed by atoms with Crippen LogP contribution in [-0.2, 0) is 4.79 Å². The number of rotatable bonds is 6. The van der Waals surface area contributed by atoms with Crippen LogP contribution in [-0.4, -0.2) is 26.0 Å². The van der Waals surface area contributed by atoms with E-state index in [-0.39, 0.29) is 11.2 Å². The van der Waals surface area contributed by atoms with E-state index in [4.69, 9.17) is 5.84 Å². The minimum atomic E-state index is -0.386. The number of anilines is 1. The molecule has 0 saturated heterocycles. The zero-order valence-electron chi connectivity index (χ0n) is 15.9. The van der Waals surface area contributed by atoms with Gasteiger partial charge in [-0.05, 0) is 42.7 Å². The molecule has 0 radical (unpaired) electrons. The number of amides is 1. The number of nitrogens with two attached hydrogens (primary N) is 1. The molecular formula is C20H22BrN5OS. The van der Waals surface area contributed by atoms with Crippen LogP contribution >= 0.6 is 27.7 Å². The maximum atomic E-state index is 12.5. The van der Waals surface area contributed by atoms with Gasteiger partial charge in [-0.15, -0.1) is 10.2 Å². The van der Waals surface area contributed by atoms with Gasteiger partial charge in [-0.2, -0.15) is 0 Å². The van der Waals surface area contributed by atoms with Crippen molar-refractivity contribution in [3.05, 3.63) is 58.6 Å². The summed E-state index contributed by atoms with van der Waals surface area (Å²) < 4.78 is 2.28. The highest BCUT2D eigenvalue weighted by Crippen LogP contribution is 2.29. The molecule has 1 atom stereocenters. The van der Waals surface area contributed by atoms with Gasteiger partial charge >= 0.3 is 0 Å². The van der Waals surface area contributed by atoms with Crippen molar-refractivity contribution in [1.29, 1.82) is 0 Å². The van der Waals surface area contributed by atoms with Gasteiger partial charge in [0.25, 0.3) is 0 Å². The number of carbonyl (C=O) groups is 1. The zero-order valence-corrected chi connectivity index (χ0v) is 18.3. The lowest BCUT2D eigenvalue weighted by molar-refractivity contribution is -0.115. The molecule has 6 nitrogen and oxygen atoms in total. The average Bonchev–Trinajstić information content (AvgIpc) is 3.03. The van der Waals surface area contributed by atoms with E-state index in [1.54, 1.807) is 0 Å². The predicted octanol–water partition coefficient (Wildman–Crippen LogP) is 4.66. The molecule has 0 fully saturated rings. The van der Waals surface area contributed by atoms with E-state index in [9.17, 15) is 4.79 Å². The van der Waals surface area contributed by atoms with Gasteiger partial charge in [0.05, 0.1) is 5.25 Å². The molecule has 28 heavy (non-hydrogen) atoms. The molecule has 0 bridgehead atoms. The highest BCUT2D eigenvalue weighted by Gasteiger charge is 2.20. The Morgan fingerprint density at radius 2 is 1.79 bits per heavy atom. The van der Waals surface area contributed by atoms with Crippen molar-refractivity contribution in [3.8, 4) is 11.4 Å². The highest BCUT2D eigenvalue weighted by molar-refractivity contribution is 9.10. The molecule has 0 saturated carbocycles. The van der Waals surface area contributed by atoms with Crippen LogP contribution in [0.2, 0.25) is 0 Å². The number of halogens is 1. The second-order valence-electron chi connectivity index (χ2n) is 6.68. The molecular weight excluding hydrogens is 438 g/mol. The number of aromatic nitrogens is 3. The third kappa shape index (κ3) is 4.56. The molecule has 2 aromatic carbocycles. The fourth-order valence-corrected chi connectivity index (χ4v) is 3.82. The normalized spacial score (nSPS) is 12.2. The summed E-state index contributed by atoms with van der Waals surface area (Å²) in [5.74, 6) is 7.04. The SMILES string of the molecule is CC(Sc1nnc(-c2ccccc2Br)n1N)C(=O)Nc1ccc(C(C)C)cc1. The number of benzene rings is 2. The zero-order chi connectivity index (χ0) is 20.3. The maximum Gasteiger partial charge on any atom is 0.237 e. The second kappa shape index (κ2) is 8.79. The standard InChI is InChI=1S/C20H22BrN5OS/c1-12(2)14-8-10-15(11-9-14)23-19(27)13(3)28-20-25-24-18(26(20)22)16-6-4-5-7-17(16)21/h4-13H,22H2,1-3H3,(H,23,27). The first kappa shape index (κ1) is 20.4. The number of hydrogen-bond acceptors (Lipinski definition) is 5. The third-order valence-corrected chi connectivity index (χ3v) is 6.02. The molecule has 0 aliphatic heterocycles. The molecule has 0 spiro atoms. The molecule has 3 rings (SSSR count). The summed E-state index contributed by atoms with van der Waals surface area (Å²) in [6.07, 6.45) is 0. The average molecular weight is 460 g/mol. The van der Waals surface area contributed by atoms with Crippen molar-refractivity contribution in [3.63, 3.8) is 0 Å². The first-order valence-corrected chi connectivity index (χ1v) is 10.6. The Hall–Kier alpha value is -2.32. The summed E-state index contributed by atoms with van der Waals surface area (Å²) in [5, 5.41) is 11.3. The van der Waals surface area contributed by atoms with Crippen LogP contribution in [0.3, 0.4) is 0 Å². The van der Waals surface area contributed by atoms with Crippen LogP contribution < -0.4 is 11.2 Å². The molecule has 8 heteroatoms. The van der Waals surface area contributed by atoms with Gasteiger partial charge < -0.3 is 11.2 Å². The van der Waals surface area contributed by atoms with Crippen LogP contribution in [0.25, 0.3) is 11.4 Å². The number of hydrogen-bond donors (Lipinski definition) is 2. The van der Waals surface area contributed by atoms with Crippen LogP contribution in [0.1, 0.15) is 32.3 Å². The van der Waals surface area contributed by atoms with Gasteiger partial charge in [0, 0.05) is 15.7 Å². The third-order valence-electron chi connectivity index (χ3n) is 4.28. The molecule has 1 amide bonds. The van der Waals surface area contributed by atoms with Gasteiger partial charge in [-0.25, -0.2) is 4.68 Å². The summed E-state index contributed by atoms with van der Waals surface area (Å²) in [7, 11) is 0. The number of nitrogens with zero attached hydrogens (tertiary/aromatic N) is 3. The monoisotopic (exact) mass is 459 g/mol. The Morgan fingerprint density at radius 3 is 2.43 bits per heavy atom. The quantitative estimate of drug-likeness (QED) is 0.413. The summed E-state index contributed by atoms with van der Waals surface area (Å²) in [6.45, 7) is 6.09. The lowest BCUT2D eigenvalue weighted by atomic mass is 10.0. The largest absolute Gasteiger partial charge is 0.335 e. The number of thioether (sulfide) groups is 1. The van der Waals surface area contributed by atoms with E-state index >= 15 is 0 Å². The summed E-state index contributed by atoms with van der Waals surface area (Å²) in [6, 6.07) is 15.5. The fraction of sp³-hybridized carbons (Fsp3) is 0.250. The van der Waals surface area contributed by atoms with Crippen molar-refractivity contribution in [2.24, 2.45) is 0 Å². The Kier molecular flexibility index (Phi) is 6.41. The van der Waals surface area contributed by atoms with Crippen molar-refractivity contribution >= 4 is 39.3 Å². The van der Waals surface area contributed by atoms with E-state index in [0.717, 1.165) is 15.7 Å².